The average molecular weight is 293 g/mol. The van der Waals surface area contributed by atoms with Gasteiger partial charge in [0, 0.05) is 17.1 Å². The van der Waals surface area contributed by atoms with Gasteiger partial charge in [0.2, 0.25) is 0 Å². The Kier molecular flexibility index (Phi) is 5.95. The molecule has 1 atom stereocenters. The zero-order valence-electron chi connectivity index (χ0n) is 11.3. The molecule has 2 N–H and O–H groups in total. The Hall–Kier alpha value is -1.62. The number of hydrogen-bond acceptors (Lipinski definition) is 3. The first-order valence-corrected chi connectivity index (χ1v) is 7.68. The van der Waals surface area contributed by atoms with Crippen LogP contribution in [-0.4, -0.2) is 13.8 Å². The zero-order chi connectivity index (χ0) is 13.8. The predicted molar refractivity (Wildman–Crippen MR) is 85.0 cm³/mol. The van der Waals surface area contributed by atoms with Gasteiger partial charge in [-0.1, -0.05) is 14.4 Å². The lowest BCUT2D eigenvalue weighted by atomic mass is 10.3. The second-order valence-electron chi connectivity index (χ2n) is 4.53. The molecule has 2 aromatic rings. The van der Waals surface area contributed by atoms with Gasteiger partial charge in [-0.3, -0.25) is 4.21 Å². The van der Waals surface area contributed by atoms with E-state index in [9.17, 15) is 4.21 Å². The standard InChI is InChI=1S/C14H19N3OS.CH4/c1-3-8-17-10-16-11(2)14(17)9-19(18)13-6-4-12(15)5-7-13;/h4-7,10H,3,8-9,15H2,1-2H3;1H4. The Bertz CT molecular complexity index is 575. The number of nitrogens with zero attached hydrogens (tertiary/aromatic N) is 2. The van der Waals surface area contributed by atoms with E-state index in [0.29, 0.717) is 11.4 Å². The normalized spacial score (nSPS) is 11.9. The minimum absolute atomic E-state index is 0. The van der Waals surface area contributed by atoms with Crippen molar-refractivity contribution in [1.29, 1.82) is 0 Å². The van der Waals surface area contributed by atoms with Gasteiger partial charge in [0.1, 0.15) is 0 Å². The first kappa shape index (κ1) is 16.4. The molecule has 1 aromatic carbocycles. The van der Waals surface area contributed by atoms with Crippen molar-refractivity contribution in [3.63, 3.8) is 0 Å². The van der Waals surface area contributed by atoms with Crippen molar-refractivity contribution in [3.8, 4) is 0 Å². The van der Waals surface area contributed by atoms with Crippen molar-refractivity contribution in [2.75, 3.05) is 5.73 Å². The van der Waals surface area contributed by atoms with Crippen LogP contribution in [-0.2, 0) is 23.1 Å². The maximum absolute atomic E-state index is 12.4. The summed E-state index contributed by atoms with van der Waals surface area (Å²) < 4.78 is 14.4. The summed E-state index contributed by atoms with van der Waals surface area (Å²) in [6, 6.07) is 7.20. The van der Waals surface area contributed by atoms with Crippen LogP contribution in [0.25, 0.3) is 0 Å². The minimum Gasteiger partial charge on any atom is -0.399 e. The van der Waals surface area contributed by atoms with E-state index in [1.165, 1.54) is 0 Å². The highest BCUT2D eigenvalue weighted by molar-refractivity contribution is 7.84. The fourth-order valence-electron chi connectivity index (χ4n) is 1.96. The smallest absolute Gasteiger partial charge is 0.0951 e. The van der Waals surface area contributed by atoms with Gasteiger partial charge in [0.15, 0.2) is 0 Å². The van der Waals surface area contributed by atoms with Gasteiger partial charge < -0.3 is 10.3 Å². The van der Waals surface area contributed by atoms with E-state index in [4.69, 9.17) is 5.73 Å². The number of aromatic nitrogens is 2. The van der Waals surface area contributed by atoms with Crippen LogP contribution < -0.4 is 5.73 Å². The van der Waals surface area contributed by atoms with Gasteiger partial charge >= 0.3 is 0 Å². The van der Waals surface area contributed by atoms with E-state index >= 15 is 0 Å². The Morgan fingerprint density at radius 3 is 2.55 bits per heavy atom. The maximum Gasteiger partial charge on any atom is 0.0951 e. The van der Waals surface area contributed by atoms with E-state index in [-0.39, 0.29) is 7.43 Å². The summed E-state index contributed by atoms with van der Waals surface area (Å²) in [7, 11) is -1.06. The highest BCUT2D eigenvalue weighted by Crippen LogP contribution is 2.16. The van der Waals surface area contributed by atoms with Gasteiger partial charge in [0.25, 0.3) is 0 Å². The molecule has 0 fully saturated rings. The summed E-state index contributed by atoms with van der Waals surface area (Å²) in [5, 5.41) is 0. The molecule has 1 unspecified atom stereocenters. The molecule has 5 heteroatoms. The van der Waals surface area contributed by atoms with E-state index in [0.717, 1.165) is 29.2 Å². The first-order valence-electron chi connectivity index (χ1n) is 6.36. The molecule has 0 aliphatic carbocycles. The Balaban J connectivity index is 0.00000200. The van der Waals surface area contributed by atoms with Crippen molar-refractivity contribution in [3.05, 3.63) is 42.0 Å². The summed E-state index contributed by atoms with van der Waals surface area (Å²) in [6.45, 7) is 4.99. The summed E-state index contributed by atoms with van der Waals surface area (Å²) >= 11 is 0. The molecule has 0 spiro atoms. The van der Waals surface area contributed by atoms with Gasteiger partial charge in [-0.25, -0.2) is 4.98 Å². The number of aryl methyl sites for hydroxylation is 2. The van der Waals surface area contributed by atoms with Crippen LogP contribution in [0.5, 0.6) is 0 Å². The molecule has 110 valence electrons. The summed E-state index contributed by atoms with van der Waals surface area (Å²) in [5.41, 5.74) is 8.33. The van der Waals surface area contributed by atoms with Crippen LogP contribution in [0.15, 0.2) is 35.5 Å². The summed E-state index contributed by atoms with van der Waals surface area (Å²) in [4.78, 5) is 5.11. The number of nitrogens with two attached hydrogens (primary N) is 1. The van der Waals surface area contributed by atoms with Crippen LogP contribution in [0.2, 0.25) is 0 Å². The Labute approximate surface area is 123 Å². The highest BCUT2D eigenvalue weighted by atomic mass is 32.2. The third-order valence-electron chi connectivity index (χ3n) is 3.03. The summed E-state index contributed by atoms with van der Waals surface area (Å²) in [6.07, 6.45) is 2.87. The quantitative estimate of drug-likeness (QED) is 0.862. The van der Waals surface area contributed by atoms with Gasteiger partial charge in [0.05, 0.1) is 34.3 Å². The third-order valence-corrected chi connectivity index (χ3v) is 4.36. The molecular formula is C15H23N3OS. The summed E-state index contributed by atoms with van der Waals surface area (Å²) in [5.74, 6) is 0.496. The molecule has 0 aliphatic rings. The molecule has 0 saturated heterocycles. The van der Waals surface area contributed by atoms with Crippen LogP contribution in [0.1, 0.15) is 32.2 Å². The first-order chi connectivity index (χ1) is 9.11. The number of anilines is 1. The Morgan fingerprint density at radius 2 is 1.95 bits per heavy atom. The molecule has 1 aromatic heterocycles. The van der Waals surface area contributed by atoms with E-state index in [2.05, 4.69) is 16.5 Å². The number of imidazole rings is 1. The molecule has 20 heavy (non-hydrogen) atoms. The van der Waals surface area contributed by atoms with Crippen LogP contribution in [0.3, 0.4) is 0 Å². The Morgan fingerprint density at radius 1 is 1.30 bits per heavy atom. The van der Waals surface area contributed by atoms with Crippen molar-refractivity contribution in [2.24, 2.45) is 0 Å². The van der Waals surface area contributed by atoms with Gasteiger partial charge in [-0.2, -0.15) is 0 Å². The molecule has 0 aliphatic heterocycles. The number of benzene rings is 1. The SMILES string of the molecule is C.CCCn1cnc(C)c1CS(=O)c1ccc(N)cc1. The number of hydrogen-bond donors (Lipinski definition) is 1. The van der Waals surface area contributed by atoms with Crippen molar-refractivity contribution in [1.82, 2.24) is 9.55 Å². The molecule has 0 radical (unpaired) electrons. The monoisotopic (exact) mass is 293 g/mol. The fraction of sp³-hybridized carbons (Fsp3) is 0.400. The van der Waals surface area contributed by atoms with Crippen LogP contribution in [0.4, 0.5) is 5.69 Å². The second kappa shape index (κ2) is 7.24. The van der Waals surface area contributed by atoms with Crippen LogP contribution >= 0.6 is 0 Å². The molecule has 0 bridgehead atoms. The molecule has 0 saturated carbocycles. The number of rotatable bonds is 5. The molecular weight excluding hydrogens is 270 g/mol. The largest absolute Gasteiger partial charge is 0.399 e. The zero-order valence-corrected chi connectivity index (χ0v) is 12.1. The van der Waals surface area contributed by atoms with Crippen LogP contribution in [0, 0.1) is 6.92 Å². The minimum atomic E-state index is -1.06. The second-order valence-corrected chi connectivity index (χ2v) is 5.98. The average Bonchev–Trinajstić information content (AvgIpc) is 2.73. The van der Waals surface area contributed by atoms with E-state index in [1.807, 2.05) is 25.4 Å². The van der Waals surface area contributed by atoms with E-state index < -0.39 is 10.8 Å². The lowest BCUT2D eigenvalue weighted by molar-refractivity contribution is 0.651. The molecule has 1 heterocycles. The van der Waals surface area contributed by atoms with E-state index in [1.54, 1.807) is 12.1 Å². The van der Waals surface area contributed by atoms with Crippen molar-refractivity contribution < 1.29 is 4.21 Å². The lowest BCUT2D eigenvalue weighted by Gasteiger charge is -2.08. The van der Waals surface area contributed by atoms with Gasteiger partial charge in [-0.15, -0.1) is 0 Å². The molecule has 4 nitrogen and oxygen atoms in total. The predicted octanol–water partition coefficient (Wildman–Crippen LogP) is 3.13. The van der Waals surface area contributed by atoms with Crippen molar-refractivity contribution >= 4 is 16.5 Å². The fourth-order valence-corrected chi connectivity index (χ4v) is 3.19. The third kappa shape index (κ3) is 3.70. The lowest BCUT2D eigenvalue weighted by Crippen LogP contribution is -2.06. The number of nitrogen functional groups attached to an aromatic ring is 1. The highest BCUT2D eigenvalue weighted by Gasteiger charge is 2.12. The van der Waals surface area contributed by atoms with Crippen molar-refractivity contribution in [2.45, 2.75) is 44.9 Å². The maximum atomic E-state index is 12.4. The molecule has 2 rings (SSSR count). The van der Waals surface area contributed by atoms with Gasteiger partial charge in [-0.05, 0) is 37.6 Å². The molecule has 0 amide bonds. The topological polar surface area (TPSA) is 60.9 Å².